The highest BCUT2D eigenvalue weighted by molar-refractivity contribution is 5.15. The minimum absolute atomic E-state index is 0.582. The minimum atomic E-state index is 0.582. The zero-order chi connectivity index (χ0) is 11.6. The average molecular weight is 217 g/mol. The smallest absolute Gasteiger partial charge is 0.00792 e. The Hall–Kier alpha value is -0.820. The van der Waals surface area contributed by atoms with Crippen molar-refractivity contribution in [3.8, 4) is 0 Å². The van der Waals surface area contributed by atoms with Crippen LogP contribution in [0.2, 0.25) is 0 Å². The third kappa shape index (κ3) is 3.08. The lowest BCUT2D eigenvalue weighted by molar-refractivity contribution is 0.474. The van der Waals surface area contributed by atoms with E-state index in [1.165, 1.54) is 18.5 Å². The van der Waals surface area contributed by atoms with Gasteiger partial charge in [0.25, 0.3) is 0 Å². The van der Waals surface area contributed by atoms with Gasteiger partial charge in [-0.2, -0.15) is 0 Å². The lowest BCUT2D eigenvalue weighted by Crippen LogP contribution is -2.30. The van der Waals surface area contributed by atoms with Gasteiger partial charge in [0.15, 0.2) is 0 Å². The van der Waals surface area contributed by atoms with Crippen molar-refractivity contribution in [2.45, 2.75) is 39.7 Å². The van der Waals surface area contributed by atoms with Crippen LogP contribution in [0.5, 0.6) is 0 Å². The monoisotopic (exact) mass is 217 g/mol. The zero-order valence-electron chi connectivity index (χ0n) is 10.7. The second-order valence-electron chi connectivity index (χ2n) is 5.89. The molecule has 16 heavy (non-hydrogen) atoms. The lowest BCUT2D eigenvalue weighted by atomic mass is 10.1. The molecule has 0 amide bonds. The molecule has 2 unspecified atom stereocenters. The fourth-order valence-corrected chi connectivity index (χ4v) is 2.31. The average Bonchev–Trinajstić information content (AvgIpc) is 2.85. The standard InChI is InChI=1S/C15H23N/c1-12(9-13-7-5-4-6-8-13)16-11-14-10-15(14,2)3/h4-8,12,14,16H,9-11H2,1-3H3. The van der Waals surface area contributed by atoms with E-state index in [0.29, 0.717) is 11.5 Å². The van der Waals surface area contributed by atoms with Gasteiger partial charge >= 0.3 is 0 Å². The summed E-state index contributed by atoms with van der Waals surface area (Å²) in [6, 6.07) is 11.3. The first-order valence-corrected chi connectivity index (χ1v) is 6.35. The first-order chi connectivity index (χ1) is 7.58. The first-order valence-electron chi connectivity index (χ1n) is 6.35. The highest BCUT2D eigenvalue weighted by Crippen LogP contribution is 2.51. The predicted molar refractivity (Wildman–Crippen MR) is 69.5 cm³/mol. The van der Waals surface area contributed by atoms with E-state index < -0.39 is 0 Å². The van der Waals surface area contributed by atoms with Crippen LogP contribution in [0.3, 0.4) is 0 Å². The van der Waals surface area contributed by atoms with Gasteiger partial charge in [0, 0.05) is 6.04 Å². The second kappa shape index (κ2) is 4.58. The number of hydrogen-bond donors (Lipinski definition) is 1. The van der Waals surface area contributed by atoms with Crippen molar-refractivity contribution in [3.05, 3.63) is 35.9 Å². The minimum Gasteiger partial charge on any atom is -0.314 e. The number of rotatable bonds is 5. The highest BCUT2D eigenvalue weighted by Gasteiger charge is 2.44. The molecule has 0 spiro atoms. The van der Waals surface area contributed by atoms with E-state index in [1.807, 2.05) is 0 Å². The third-order valence-corrected chi connectivity index (χ3v) is 3.81. The molecule has 0 aromatic heterocycles. The number of nitrogens with one attached hydrogen (secondary N) is 1. The van der Waals surface area contributed by atoms with Crippen molar-refractivity contribution < 1.29 is 0 Å². The van der Waals surface area contributed by atoms with Crippen LogP contribution >= 0.6 is 0 Å². The van der Waals surface area contributed by atoms with Gasteiger partial charge in [-0.25, -0.2) is 0 Å². The van der Waals surface area contributed by atoms with E-state index >= 15 is 0 Å². The molecular formula is C15H23N. The Morgan fingerprint density at radius 3 is 2.50 bits per heavy atom. The first kappa shape index (κ1) is 11.7. The van der Waals surface area contributed by atoms with Crippen LogP contribution < -0.4 is 5.32 Å². The maximum Gasteiger partial charge on any atom is 0.00792 e. The molecule has 88 valence electrons. The maximum atomic E-state index is 3.65. The summed E-state index contributed by atoms with van der Waals surface area (Å²) in [5, 5.41) is 3.65. The van der Waals surface area contributed by atoms with E-state index in [2.05, 4.69) is 56.4 Å². The van der Waals surface area contributed by atoms with Crippen molar-refractivity contribution in [2.24, 2.45) is 11.3 Å². The van der Waals surface area contributed by atoms with E-state index in [4.69, 9.17) is 0 Å². The van der Waals surface area contributed by atoms with E-state index in [0.717, 1.165) is 12.3 Å². The van der Waals surface area contributed by atoms with Crippen LogP contribution in [0, 0.1) is 11.3 Å². The van der Waals surface area contributed by atoms with Crippen molar-refractivity contribution in [3.63, 3.8) is 0 Å². The van der Waals surface area contributed by atoms with Gasteiger partial charge in [-0.05, 0) is 43.2 Å². The normalized spacial score (nSPS) is 24.1. The Labute approximate surface area is 99.3 Å². The highest BCUT2D eigenvalue weighted by atomic mass is 14.9. The molecule has 1 aliphatic rings. The molecule has 1 aromatic carbocycles. The molecule has 1 saturated carbocycles. The van der Waals surface area contributed by atoms with Gasteiger partial charge in [-0.15, -0.1) is 0 Å². The summed E-state index contributed by atoms with van der Waals surface area (Å²) >= 11 is 0. The van der Waals surface area contributed by atoms with Crippen LogP contribution in [-0.4, -0.2) is 12.6 Å². The summed E-state index contributed by atoms with van der Waals surface area (Å²) in [5.74, 6) is 0.894. The fraction of sp³-hybridized carbons (Fsp3) is 0.600. The molecule has 0 radical (unpaired) electrons. The SMILES string of the molecule is CC(Cc1ccccc1)NCC1CC1(C)C. The van der Waals surface area contributed by atoms with Crippen LogP contribution in [0.4, 0.5) is 0 Å². The Morgan fingerprint density at radius 2 is 1.94 bits per heavy atom. The topological polar surface area (TPSA) is 12.0 Å². The molecule has 1 N–H and O–H groups in total. The lowest BCUT2D eigenvalue weighted by Gasteiger charge is -2.14. The second-order valence-corrected chi connectivity index (χ2v) is 5.89. The summed E-state index contributed by atoms with van der Waals surface area (Å²) in [6.45, 7) is 8.19. The predicted octanol–water partition coefficient (Wildman–Crippen LogP) is 3.25. The van der Waals surface area contributed by atoms with E-state index in [9.17, 15) is 0 Å². The zero-order valence-corrected chi connectivity index (χ0v) is 10.7. The molecular weight excluding hydrogens is 194 g/mol. The van der Waals surface area contributed by atoms with Gasteiger partial charge in [0.2, 0.25) is 0 Å². The molecule has 1 aliphatic carbocycles. The molecule has 0 aliphatic heterocycles. The molecule has 0 heterocycles. The molecule has 1 nitrogen and oxygen atoms in total. The van der Waals surface area contributed by atoms with Crippen molar-refractivity contribution in [2.75, 3.05) is 6.54 Å². The molecule has 2 atom stereocenters. The van der Waals surface area contributed by atoms with Crippen LogP contribution in [0.15, 0.2) is 30.3 Å². The Morgan fingerprint density at radius 1 is 1.31 bits per heavy atom. The fourth-order valence-electron chi connectivity index (χ4n) is 2.31. The summed E-state index contributed by atoms with van der Waals surface area (Å²) in [4.78, 5) is 0. The third-order valence-electron chi connectivity index (χ3n) is 3.81. The summed E-state index contributed by atoms with van der Waals surface area (Å²) in [7, 11) is 0. The van der Waals surface area contributed by atoms with Gasteiger partial charge < -0.3 is 5.32 Å². The summed E-state index contributed by atoms with van der Waals surface area (Å²) in [6.07, 6.45) is 2.52. The number of benzene rings is 1. The van der Waals surface area contributed by atoms with Gasteiger partial charge in [0.1, 0.15) is 0 Å². The van der Waals surface area contributed by atoms with Crippen LogP contribution in [0.1, 0.15) is 32.8 Å². The Balaban J connectivity index is 1.71. The molecule has 1 heteroatoms. The molecule has 0 saturated heterocycles. The van der Waals surface area contributed by atoms with Crippen molar-refractivity contribution in [1.29, 1.82) is 0 Å². The van der Waals surface area contributed by atoms with Crippen LogP contribution in [0.25, 0.3) is 0 Å². The van der Waals surface area contributed by atoms with Gasteiger partial charge in [-0.1, -0.05) is 44.2 Å². The summed E-state index contributed by atoms with van der Waals surface area (Å²) < 4.78 is 0. The van der Waals surface area contributed by atoms with Gasteiger partial charge in [-0.3, -0.25) is 0 Å². The largest absolute Gasteiger partial charge is 0.314 e. The van der Waals surface area contributed by atoms with E-state index in [-0.39, 0.29) is 0 Å². The molecule has 2 rings (SSSR count). The van der Waals surface area contributed by atoms with Crippen molar-refractivity contribution >= 4 is 0 Å². The molecule has 0 bridgehead atoms. The number of hydrogen-bond acceptors (Lipinski definition) is 1. The van der Waals surface area contributed by atoms with Gasteiger partial charge in [0.05, 0.1) is 0 Å². The molecule has 1 fully saturated rings. The van der Waals surface area contributed by atoms with Crippen LogP contribution in [-0.2, 0) is 6.42 Å². The summed E-state index contributed by atoms with van der Waals surface area (Å²) in [5.41, 5.74) is 2.02. The maximum absolute atomic E-state index is 3.65. The van der Waals surface area contributed by atoms with Crippen molar-refractivity contribution in [1.82, 2.24) is 5.32 Å². The Bertz CT molecular complexity index is 329. The quantitative estimate of drug-likeness (QED) is 0.798. The van der Waals surface area contributed by atoms with E-state index in [1.54, 1.807) is 0 Å². The Kier molecular flexibility index (Phi) is 3.34. The molecule has 1 aromatic rings.